The number of aryl methyl sites for hydroxylation is 1. The van der Waals surface area contributed by atoms with Gasteiger partial charge in [-0.15, -0.1) is 0 Å². The van der Waals surface area contributed by atoms with E-state index in [9.17, 15) is 0 Å². The van der Waals surface area contributed by atoms with Crippen molar-refractivity contribution in [2.24, 2.45) is 0 Å². The van der Waals surface area contributed by atoms with E-state index >= 15 is 0 Å². The molecule has 1 N–H and O–H groups in total. The van der Waals surface area contributed by atoms with Crippen molar-refractivity contribution in [2.45, 2.75) is 39.8 Å². The fourth-order valence-electron chi connectivity index (χ4n) is 1.85. The highest BCUT2D eigenvalue weighted by Crippen LogP contribution is 2.24. The van der Waals surface area contributed by atoms with E-state index in [-0.39, 0.29) is 5.54 Å². The van der Waals surface area contributed by atoms with Crippen molar-refractivity contribution in [3.8, 4) is 5.69 Å². The van der Waals surface area contributed by atoms with Gasteiger partial charge in [0.05, 0.1) is 16.9 Å². The number of para-hydroxylation sites is 1. The molecule has 2 aromatic rings. The van der Waals surface area contributed by atoms with Gasteiger partial charge in [-0.1, -0.05) is 23.7 Å². The van der Waals surface area contributed by atoms with Crippen molar-refractivity contribution in [3.05, 3.63) is 46.7 Å². The molecular weight excluding hydrogens is 258 g/mol. The van der Waals surface area contributed by atoms with Crippen LogP contribution in [0.25, 0.3) is 5.69 Å². The molecule has 0 unspecified atom stereocenters. The molecule has 1 aromatic carbocycles. The lowest BCUT2D eigenvalue weighted by Crippen LogP contribution is -2.35. The average Bonchev–Trinajstić information content (AvgIpc) is 2.72. The second-order valence-corrected chi connectivity index (χ2v) is 6.22. The van der Waals surface area contributed by atoms with E-state index in [4.69, 9.17) is 11.6 Å². The largest absolute Gasteiger partial charge is 0.308 e. The number of aromatic nitrogens is 2. The molecule has 0 fully saturated rings. The monoisotopic (exact) mass is 277 g/mol. The maximum atomic E-state index is 6.33. The Morgan fingerprint density at radius 2 is 2.05 bits per heavy atom. The molecule has 0 aliphatic heterocycles. The normalized spacial score (nSPS) is 11.8. The Kier molecular flexibility index (Phi) is 3.97. The van der Waals surface area contributed by atoms with Crippen LogP contribution in [0.15, 0.2) is 30.6 Å². The van der Waals surface area contributed by atoms with E-state index < -0.39 is 0 Å². The van der Waals surface area contributed by atoms with Crippen LogP contribution in [-0.2, 0) is 6.54 Å². The highest BCUT2D eigenvalue weighted by atomic mass is 35.5. The first-order chi connectivity index (χ1) is 8.87. The Labute approximate surface area is 119 Å². The molecule has 19 heavy (non-hydrogen) atoms. The number of hydrogen-bond acceptors (Lipinski definition) is 2. The summed E-state index contributed by atoms with van der Waals surface area (Å²) in [4.78, 5) is 0. The number of hydrogen-bond donors (Lipinski definition) is 1. The van der Waals surface area contributed by atoms with Crippen LogP contribution in [0.1, 0.15) is 31.9 Å². The van der Waals surface area contributed by atoms with E-state index in [2.05, 4.69) is 37.3 Å². The Morgan fingerprint density at radius 1 is 1.32 bits per heavy atom. The zero-order valence-corrected chi connectivity index (χ0v) is 12.6. The predicted octanol–water partition coefficient (Wildman–Crippen LogP) is 3.72. The fourth-order valence-corrected chi connectivity index (χ4v) is 2.14. The SMILES string of the molecule is Cc1cnn(-c2c(Cl)cccc2CNC(C)(C)C)c1. The summed E-state index contributed by atoms with van der Waals surface area (Å²) in [5.41, 5.74) is 3.29. The van der Waals surface area contributed by atoms with E-state index in [1.54, 1.807) is 0 Å². The Hall–Kier alpha value is -1.32. The van der Waals surface area contributed by atoms with Crippen molar-refractivity contribution in [3.63, 3.8) is 0 Å². The maximum absolute atomic E-state index is 6.33. The summed E-state index contributed by atoms with van der Waals surface area (Å²) in [7, 11) is 0. The molecule has 102 valence electrons. The van der Waals surface area contributed by atoms with Gasteiger partial charge < -0.3 is 5.32 Å². The smallest absolute Gasteiger partial charge is 0.0876 e. The third-order valence-corrected chi connectivity index (χ3v) is 3.13. The zero-order valence-electron chi connectivity index (χ0n) is 11.9. The van der Waals surface area contributed by atoms with Crippen molar-refractivity contribution < 1.29 is 0 Å². The van der Waals surface area contributed by atoms with Crippen LogP contribution in [0.5, 0.6) is 0 Å². The van der Waals surface area contributed by atoms with Crippen LogP contribution in [0, 0.1) is 6.92 Å². The van der Waals surface area contributed by atoms with Crippen LogP contribution in [0.4, 0.5) is 0 Å². The molecular formula is C15H20ClN3. The molecule has 1 heterocycles. The summed E-state index contributed by atoms with van der Waals surface area (Å²) in [5.74, 6) is 0. The minimum Gasteiger partial charge on any atom is -0.308 e. The summed E-state index contributed by atoms with van der Waals surface area (Å²) in [6.07, 6.45) is 3.83. The number of benzene rings is 1. The van der Waals surface area contributed by atoms with Gasteiger partial charge in [-0.05, 0) is 44.9 Å². The highest BCUT2D eigenvalue weighted by molar-refractivity contribution is 6.32. The summed E-state index contributed by atoms with van der Waals surface area (Å²) < 4.78 is 1.84. The number of nitrogens with zero attached hydrogens (tertiary/aromatic N) is 2. The van der Waals surface area contributed by atoms with Gasteiger partial charge in [0, 0.05) is 18.3 Å². The zero-order chi connectivity index (χ0) is 14.0. The van der Waals surface area contributed by atoms with Crippen molar-refractivity contribution >= 4 is 11.6 Å². The van der Waals surface area contributed by atoms with Crippen LogP contribution in [0.2, 0.25) is 5.02 Å². The molecule has 0 saturated carbocycles. The lowest BCUT2D eigenvalue weighted by atomic mass is 10.1. The predicted molar refractivity (Wildman–Crippen MR) is 79.9 cm³/mol. The van der Waals surface area contributed by atoms with Gasteiger partial charge in [0.1, 0.15) is 0 Å². The molecule has 2 rings (SSSR count). The lowest BCUT2D eigenvalue weighted by molar-refractivity contribution is 0.424. The van der Waals surface area contributed by atoms with E-state index in [0.29, 0.717) is 0 Å². The Balaban J connectivity index is 2.36. The first-order valence-electron chi connectivity index (χ1n) is 6.41. The molecule has 0 atom stereocenters. The van der Waals surface area contributed by atoms with Gasteiger partial charge in [-0.2, -0.15) is 5.10 Å². The van der Waals surface area contributed by atoms with Crippen molar-refractivity contribution in [1.82, 2.24) is 15.1 Å². The first-order valence-corrected chi connectivity index (χ1v) is 6.79. The Bertz CT molecular complexity index is 567. The maximum Gasteiger partial charge on any atom is 0.0876 e. The van der Waals surface area contributed by atoms with E-state index in [0.717, 1.165) is 28.4 Å². The fraction of sp³-hybridized carbons (Fsp3) is 0.400. The lowest BCUT2D eigenvalue weighted by Gasteiger charge is -2.22. The molecule has 3 nitrogen and oxygen atoms in total. The van der Waals surface area contributed by atoms with Gasteiger partial charge in [0.15, 0.2) is 0 Å². The standard InChI is InChI=1S/C15H20ClN3/c1-11-8-18-19(10-11)14-12(6-5-7-13(14)16)9-17-15(2,3)4/h5-8,10,17H,9H2,1-4H3. The molecule has 1 aromatic heterocycles. The highest BCUT2D eigenvalue weighted by Gasteiger charge is 2.13. The third-order valence-electron chi connectivity index (χ3n) is 2.82. The molecule has 0 saturated heterocycles. The van der Waals surface area contributed by atoms with E-state index in [1.165, 1.54) is 0 Å². The summed E-state index contributed by atoms with van der Waals surface area (Å²) in [5, 5.41) is 8.56. The average molecular weight is 278 g/mol. The third kappa shape index (κ3) is 3.58. The van der Waals surface area contributed by atoms with Gasteiger partial charge >= 0.3 is 0 Å². The van der Waals surface area contributed by atoms with Crippen LogP contribution in [-0.4, -0.2) is 15.3 Å². The second-order valence-electron chi connectivity index (χ2n) is 5.81. The molecule has 0 radical (unpaired) electrons. The molecule has 0 bridgehead atoms. The van der Waals surface area contributed by atoms with Crippen LogP contribution < -0.4 is 5.32 Å². The molecule has 0 amide bonds. The van der Waals surface area contributed by atoms with Gasteiger partial charge in [-0.3, -0.25) is 0 Å². The van der Waals surface area contributed by atoms with Crippen molar-refractivity contribution in [2.75, 3.05) is 0 Å². The van der Waals surface area contributed by atoms with E-state index in [1.807, 2.05) is 36.1 Å². The minimum atomic E-state index is 0.0691. The van der Waals surface area contributed by atoms with Gasteiger partial charge in [0.2, 0.25) is 0 Å². The topological polar surface area (TPSA) is 29.9 Å². The molecule has 0 spiro atoms. The Morgan fingerprint density at radius 3 is 2.63 bits per heavy atom. The van der Waals surface area contributed by atoms with Crippen molar-refractivity contribution in [1.29, 1.82) is 0 Å². The summed E-state index contributed by atoms with van der Waals surface area (Å²) >= 11 is 6.33. The molecule has 0 aliphatic carbocycles. The minimum absolute atomic E-state index is 0.0691. The number of halogens is 1. The number of rotatable bonds is 3. The molecule has 0 aliphatic rings. The quantitative estimate of drug-likeness (QED) is 0.927. The first kappa shape index (κ1) is 14.1. The van der Waals surface area contributed by atoms with Gasteiger partial charge in [-0.25, -0.2) is 4.68 Å². The summed E-state index contributed by atoms with van der Waals surface area (Å²) in [6.45, 7) is 9.23. The summed E-state index contributed by atoms with van der Waals surface area (Å²) in [6, 6.07) is 5.95. The second kappa shape index (κ2) is 5.35. The van der Waals surface area contributed by atoms with Crippen LogP contribution in [0.3, 0.4) is 0 Å². The van der Waals surface area contributed by atoms with Crippen LogP contribution >= 0.6 is 11.6 Å². The molecule has 4 heteroatoms. The van der Waals surface area contributed by atoms with Gasteiger partial charge in [0.25, 0.3) is 0 Å². The number of nitrogens with one attached hydrogen (secondary N) is 1.